The van der Waals surface area contributed by atoms with Crippen LogP contribution in [-0.4, -0.2) is 19.5 Å². The lowest BCUT2D eigenvalue weighted by Crippen LogP contribution is -2.00. The summed E-state index contributed by atoms with van der Waals surface area (Å²) in [6.07, 6.45) is 0. The summed E-state index contributed by atoms with van der Waals surface area (Å²) in [6.45, 7) is 0. The molecule has 0 spiro atoms. The summed E-state index contributed by atoms with van der Waals surface area (Å²) in [6, 6.07) is 68.1. The zero-order chi connectivity index (χ0) is 35.1. The summed E-state index contributed by atoms with van der Waals surface area (Å²) < 4.78 is 2.37. The maximum Gasteiger partial charge on any atom is 0.164 e. The van der Waals surface area contributed by atoms with Gasteiger partial charge in [0.2, 0.25) is 0 Å². The first kappa shape index (κ1) is 30.6. The van der Waals surface area contributed by atoms with Gasteiger partial charge in [-0.15, -0.1) is 0 Å². The molecule has 0 aliphatic carbocycles. The van der Waals surface area contributed by atoms with Crippen molar-refractivity contribution >= 4 is 32.6 Å². The minimum atomic E-state index is 0.636. The van der Waals surface area contributed by atoms with E-state index in [1.807, 2.05) is 36.4 Å². The fourth-order valence-corrected chi connectivity index (χ4v) is 7.45. The van der Waals surface area contributed by atoms with Crippen molar-refractivity contribution in [1.29, 1.82) is 0 Å². The van der Waals surface area contributed by atoms with Gasteiger partial charge in [0.1, 0.15) is 0 Å². The van der Waals surface area contributed by atoms with Gasteiger partial charge >= 0.3 is 0 Å². The molecule has 53 heavy (non-hydrogen) atoms. The lowest BCUT2D eigenvalue weighted by molar-refractivity contribution is 1.07. The highest BCUT2D eigenvalue weighted by molar-refractivity contribution is 6.21. The van der Waals surface area contributed by atoms with E-state index < -0.39 is 0 Å². The van der Waals surface area contributed by atoms with Crippen LogP contribution in [-0.2, 0) is 0 Å². The van der Waals surface area contributed by atoms with Gasteiger partial charge in [-0.2, -0.15) is 0 Å². The van der Waals surface area contributed by atoms with Crippen molar-refractivity contribution in [3.8, 4) is 62.1 Å². The third kappa shape index (κ3) is 5.54. The Hall–Kier alpha value is -7.17. The van der Waals surface area contributed by atoms with Crippen molar-refractivity contribution in [1.82, 2.24) is 19.5 Å². The Morgan fingerprint density at radius 1 is 0.302 bits per heavy atom. The maximum atomic E-state index is 5.07. The van der Waals surface area contributed by atoms with Crippen LogP contribution in [0.25, 0.3) is 94.7 Å². The predicted octanol–water partition coefficient (Wildman–Crippen LogP) is 12.5. The van der Waals surface area contributed by atoms with Crippen LogP contribution in [0.15, 0.2) is 194 Å². The summed E-state index contributed by atoms with van der Waals surface area (Å²) in [5.41, 5.74) is 10.9. The maximum absolute atomic E-state index is 5.07. The third-order valence-electron chi connectivity index (χ3n) is 10.0. The first-order valence-electron chi connectivity index (χ1n) is 17.9. The van der Waals surface area contributed by atoms with E-state index in [4.69, 9.17) is 15.0 Å². The number of benzene rings is 8. The van der Waals surface area contributed by atoms with Gasteiger partial charge in [-0.3, -0.25) is 0 Å². The van der Waals surface area contributed by atoms with Crippen LogP contribution in [0.5, 0.6) is 0 Å². The van der Waals surface area contributed by atoms with E-state index in [-0.39, 0.29) is 0 Å². The molecule has 0 saturated heterocycles. The van der Waals surface area contributed by atoms with Crippen LogP contribution in [0.2, 0.25) is 0 Å². The molecule has 0 unspecified atom stereocenters. The summed E-state index contributed by atoms with van der Waals surface area (Å²) in [7, 11) is 0. The summed E-state index contributed by atoms with van der Waals surface area (Å²) in [4.78, 5) is 15.1. The second kappa shape index (κ2) is 12.9. The first-order chi connectivity index (χ1) is 26.3. The minimum Gasteiger partial charge on any atom is -0.309 e. The number of hydrogen-bond acceptors (Lipinski definition) is 3. The van der Waals surface area contributed by atoms with E-state index in [1.165, 1.54) is 38.1 Å². The number of aromatic nitrogens is 4. The van der Waals surface area contributed by atoms with Crippen LogP contribution >= 0.6 is 0 Å². The van der Waals surface area contributed by atoms with Crippen molar-refractivity contribution in [3.05, 3.63) is 194 Å². The third-order valence-corrected chi connectivity index (χ3v) is 10.0. The molecule has 4 nitrogen and oxygen atoms in total. The molecule has 248 valence electrons. The second-order valence-corrected chi connectivity index (χ2v) is 13.3. The van der Waals surface area contributed by atoms with Gasteiger partial charge in [0.15, 0.2) is 17.5 Å². The average Bonchev–Trinajstić information content (AvgIpc) is 3.59. The number of fused-ring (bicyclic) bond motifs is 5. The number of rotatable bonds is 6. The SMILES string of the molecule is c1ccc(-c2ccc(-c3nc(-c4ccccc4)nc(-c4cccc(-c5ccc6ccc7c(c6c5)c5ccccc5n7-c5ccccc5)c4)n3)cc2)cc1. The Labute approximate surface area is 307 Å². The molecule has 0 fully saturated rings. The molecule has 0 atom stereocenters. The Kier molecular flexibility index (Phi) is 7.43. The van der Waals surface area contributed by atoms with Crippen molar-refractivity contribution in [2.24, 2.45) is 0 Å². The van der Waals surface area contributed by atoms with Crippen LogP contribution in [0.1, 0.15) is 0 Å². The monoisotopic (exact) mass is 676 g/mol. The van der Waals surface area contributed by atoms with Gasteiger partial charge in [0, 0.05) is 33.2 Å². The molecule has 0 bridgehead atoms. The highest BCUT2D eigenvalue weighted by atomic mass is 15.0. The molecule has 10 aromatic rings. The zero-order valence-corrected chi connectivity index (χ0v) is 28.8. The molecule has 8 aromatic carbocycles. The van der Waals surface area contributed by atoms with E-state index >= 15 is 0 Å². The Bertz CT molecular complexity index is 2910. The number of para-hydroxylation sites is 2. The Morgan fingerprint density at radius 3 is 1.53 bits per heavy atom. The number of nitrogens with zero attached hydrogens (tertiary/aromatic N) is 4. The molecule has 0 radical (unpaired) electrons. The fourth-order valence-electron chi connectivity index (χ4n) is 7.45. The van der Waals surface area contributed by atoms with Gasteiger partial charge in [0.25, 0.3) is 0 Å². The van der Waals surface area contributed by atoms with Crippen molar-refractivity contribution in [3.63, 3.8) is 0 Å². The molecule has 2 aromatic heterocycles. The van der Waals surface area contributed by atoms with Crippen LogP contribution in [0.3, 0.4) is 0 Å². The Morgan fingerprint density at radius 2 is 0.792 bits per heavy atom. The standard InChI is InChI=1S/C49H32N4/c1-4-13-33(14-5-1)34-23-26-37(27-24-34)48-50-47(36-15-6-2-7-16-36)51-49(52-48)40-18-12-17-38(31-40)39-28-25-35-29-30-45-46(43(35)32-39)42-21-10-11-22-44(42)53(45)41-19-8-3-9-20-41/h1-32H. The molecule has 0 N–H and O–H groups in total. The highest BCUT2D eigenvalue weighted by Crippen LogP contribution is 2.39. The van der Waals surface area contributed by atoms with Crippen molar-refractivity contribution in [2.75, 3.05) is 0 Å². The lowest BCUT2D eigenvalue weighted by Gasteiger charge is -2.11. The quantitative estimate of drug-likeness (QED) is 0.176. The molecule has 0 saturated carbocycles. The molecule has 2 heterocycles. The summed E-state index contributed by atoms with van der Waals surface area (Å²) in [5.74, 6) is 1.92. The first-order valence-corrected chi connectivity index (χ1v) is 17.9. The van der Waals surface area contributed by atoms with Crippen LogP contribution in [0.4, 0.5) is 0 Å². The van der Waals surface area contributed by atoms with E-state index in [0.717, 1.165) is 39.1 Å². The minimum absolute atomic E-state index is 0.636. The predicted molar refractivity (Wildman–Crippen MR) is 219 cm³/mol. The molecule has 4 heteroatoms. The van der Waals surface area contributed by atoms with Gasteiger partial charge in [-0.25, -0.2) is 15.0 Å². The largest absolute Gasteiger partial charge is 0.309 e. The lowest BCUT2D eigenvalue weighted by atomic mass is 9.97. The van der Waals surface area contributed by atoms with E-state index in [0.29, 0.717) is 17.5 Å². The molecular weight excluding hydrogens is 645 g/mol. The molecular formula is C49H32N4. The van der Waals surface area contributed by atoms with Gasteiger partial charge in [0.05, 0.1) is 11.0 Å². The molecule has 0 aliphatic heterocycles. The van der Waals surface area contributed by atoms with Gasteiger partial charge in [-0.1, -0.05) is 158 Å². The van der Waals surface area contributed by atoms with Crippen molar-refractivity contribution in [2.45, 2.75) is 0 Å². The van der Waals surface area contributed by atoms with Gasteiger partial charge in [-0.05, 0) is 69.4 Å². The summed E-state index contributed by atoms with van der Waals surface area (Å²) in [5, 5.41) is 4.93. The topological polar surface area (TPSA) is 43.6 Å². The second-order valence-electron chi connectivity index (χ2n) is 13.3. The highest BCUT2D eigenvalue weighted by Gasteiger charge is 2.16. The number of hydrogen-bond donors (Lipinski definition) is 0. The smallest absolute Gasteiger partial charge is 0.164 e. The average molecular weight is 677 g/mol. The molecule has 0 aliphatic rings. The van der Waals surface area contributed by atoms with Gasteiger partial charge < -0.3 is 4.57 Å². The van der Waals surface area contributed by atoms with Crippen molar-refractivity contribution < 1.29 is 0 Å². The summed E-state index contributed by atoms with van der Waals surface area (Å²) >= 11 is 0. The van der Waals surface area contributed by atoms with E-state index in [2.05, 4.69) is 162 Å². The molecule has 10 rings (SSSR count). The Balaban J connectivity index is 1.10. The fraction of sp³-hybridized carbons (Fsp3) is 0. The van der Waals surface area contributed by atoms with E-state index in [1.54, 1.807) is 0 Å². The van der Waals surface area contributed by atoms with Crippen LogP contribution in [0, 0.1) is 0 Å². The normalized spacial score (nSPS) is 11.4. The zero-order valence-electron chi connectivity index (χ0n) is 28.8. The molecule has 0 amide bonds. The van der Waals surface area contributed by atoms with E-state index in [9.17, 15) is 0 Å². The van der Waals surface area contributed by atoms with Crippen LogP contribution < -0.4 is 0 Å².